The standard InChI is InChI=1S/C23H24N6O2/c1-28-13-9-19(15-28)29(2)23(31)17-7-5-16(6-8-17)20-21(26-12-11-25-20)22(30)27-18-4-3-10-24-14-18/h3-8,10-12,14,19H,9,13,15H2,1-2H3,(H,27,30). The molecule has 8 heteroatoms. The molecule has 31 heavy (non-hydrogen) atoms. The average Bonchev–Trinajstić information content (AvgIpc) is 3.25. The fourth-order valence-electron chi connectivity index (χ4n) is 3.71. The zero-order chi connectivity index (χ0) is 21.8. The minimum atomic E-state index is -0.374. The molecule has 3 aromatic rings. The monoisotopic (exact) mass is 416 g/mol. The molecule has 1 N–H and O–H groups in total. The van der Waals surface area contributed by atoms with E-state index in [0.717, 1.165) is 19.5 Å². The molecular formula is C23H24N6O2. The summed E-state index contributed by atoms with van der Waals surface area (Å²) in [5.41, 5.74) is 2.55. The lowest BCUT2D eigenvalue weighted by Crippen LogP contribution is -2.38. The van der Waals surface area contributed by atoms with Crippen molar-refractivity contribution in [2.45, 2.75) is 12.5 Å². The van der Waals surface area contributed by atoms with E-state index < -0.39 is 0 Å². The summed E-state index contributed by atoms with van der Waals surface area (Å²) < 4.78 is 0. The summed E-state index contributed by atoms with van der Waals surface area (Å²) in [4.78, 5) is 42.2. The third-order valence-corrected chi connectivity index (χ3v) is 5.47. The third-order valence-electron chi connectivity index (χ3n) is 5.47. The van der Waals surface area contributed by atoms with E-state index in [1.54, 1.807) is 55.0 Å². The highest BCUT2D eigenvalue weighted by Crippen LogP contribution is 2.22. The molecule has 0 radical (unpaired) electrons. The van der Waals surface area contributed by atoms with E-state index in [1.165, 1.54) is 6.20 Å². The number of hydrogen-bond donors (Lipinski definition) is 1. The third kappa shape index (κ3) is 4.59. The van der Waals surface area contributed by atoms with Crippen molar-refractivity contribution >= 4 is 17.5 Å². The summed E-state index contributed by atoms with van der Waals surface area (Å²) in [7, 11) is 3.92. The van der Waals surface area contributed by atoms with Crippen molar-refractivity contribution in [3.63, 3.8) is 0 Å². The molecule has 1 aliphatic rings. The normalized spacial score (nSPS) is 16.1. The van der Waals surface area contributed by atoms with Crippen LogP contribution in [-0.2, 0) is 0 Å². The van der Waals surface area contributed by atoms with Crippen molar-refractivity contribution in [2.75, 3.05) is 32.5 Å². The van der Waals surface area contributed by atoms with Crippen LogP contribution >= 0.6 is 0 Å². The molecule has 0 saturated carbocycles. The lowest BCUT2D eigenvalue weighted by Gasteiger charge is -2.24. The van der Waals surface area contributed by atoms with Crippen LogP contribution in [0.5, 0.6) is 0 Å². The Morgan fingerprint density at radius 2 is 1.87 bits per heavy atom. The van der Waals surface area contributed by atoms with Gasteiger partial charge in [-0.05, 0) is 44.3 Å². The van der Waals surface area contributed by atoms with Crippen LogP contribution in [0.15, 0.2) is 61.2 Å². The van der Waals surface area contributed by atoms with Gasteiger partial charge in [0.05, 0.1) is 11.9 Å². The van der Waals surface area contributed by atoms with Crippen molar-refractivity contribution < 1.29 is 9.59 Å². The van der Waals surface area contributed by atoms with E-state index in [0.29, 0.717) is 22.5 Å². The second kappa shape index (κ2) is 9.01. The predicted molar refractivity (Wildman–Crippen MR) is 118 cm³/mol. The van der Waals surface area contributed by atoms with Gasteiger partial charge in [-0.15, -0.1) is 0 Å². The number of benzene rings is 1. The highest BCUT2D eigenvalue weighted by molar-refractivity contribution is 6.06. The Balaban J connectivity index is 1.53. The molecule has 2 aromatic heterocycles. The second-order valence-electron chi connectivity index (χ2n) is 7.65. The fourth-order valence-corrected chi connectivity index (χ4v) is 3.71. The Morgan fingerprint density at radius 1 is 1.10 bits per heavy atom. The molecular weight excluding hydrogens is 392 g/mol. The van der Waals surface area contributed by atoms with Crippen molar-refractivity contribution in [1.29, 1.82) is 0 Å². The van der Waals surface area contributed by atoms with Crippen molar-refractivity contribution in [2.24, 2.45) is 0 Å². The lowest BCUT2D eigenvalue weighted by atomic mass is 10.1. The molecule has 2 amide bonds. The topological polar surface area (TPSA) is 91.3 Å². The van der Waals surface area contributed by atoms with Gasteiger partial charge in [-0.25, -0.2) is 4.98 Å². The van der Waals surface area contributed by atoms with Crippen LogP contribution in [0.4, 0.5) is 5.69 Å². The van der Waals surface area contributed by atoms with E-state index >= 15 is 0 Å². The zero-order valence-electron chi connectivity index (χ0n) is 17.5. The molecule has 3 heterocycles. The van der Waals surface area contributed by atoms with E-state index in [2.05, 4.69) is 32.2 Å². The smallest absolute Gasteiger partial charge is 0.276 e. The van der Waals surface area contributed by atoms with E-state index in [9.17, 15) is 9.59 Å². The van der Waals surface area contributed by atoms with Crippen LogP contribution in [0.1, 0.15) is 27.3 Å². The summed E-state index contributed by atoms with van der Waals surface area (Å²) in [6.07, 6.45) is 7.19. The molecule has 158 valence electrons. The number of nitrogens with one attached hydrogen (secondary N) is 1. The molecule has 0 aliphatic carbocycles. The van der Waals surface area contributed by atoms with Crippen LogP contribution in [0.3, 0.4) is 0 Å². The number of carbonyl (C=O) groups is 2. The fraction of sp³-hybridized carbons (Fsp3) is 0.261. The molecule has 1 aliphatic heterocycles. The minimum Gasteiger partial charge on any atom is -0.337 e. The number of hydrogen-bond acceptors (Lipinski definition) is 6. The molecule has 8 nitrogen and oxygen atoms in total. The average molecular weight is 416 g/mol. The summed E-state index contributed by atoms with van der Waals surface area (Å²) >= 11 is 0. The Morgan fingerprint density at radius 3 is 2.55 bits per heavy atom. The predicted octanol–water partition coefficient (Wildman–Crippen LogP) is 2.57. The molecule has 1 saturated heterocycles. The van der Waals surface area contributed by atoms with Crippen LogP contribution in [-0.4, -0.2) is 69.8 Å². The first-order valence-electron chi connectivity index (χ1n) is 10.1. The Hall–Kier alpha value is -3.65. The highest BCUT2D eigenvalue weighted by Gasteiger charge is 2.27. The number of likely N-dealkylation sites (N-methyl/N-ethyl adjacent to an activating group) is 2. The second-order valence-corrected chi connectivity index (χ2v) is 7.65. The number of likely N-dealkylation sites (tertiary alicyclic amines) is 1. The number of amides is 2. The van der Waals surface area contributed by atoms with Gasteiger partial charge in [0.15, 0.2) is 5.69 Å². The quantitative estimate of drug-likeness (QED) is 0.687. The summed E-state index contributed by atoms with van der Waals surface area (Å²) in [6.45, 7) is 1.88. The summed E-state index contributed by atoms with van der Waals surface area (Å²) in [6, 6.07) is 10.8. The summed E-state index contributed by atoms with van der Waals surface area (Å²) in [5.74, 6) is -0.387. The maximum atomic E-state index is 12.9. The van der Waals surface area contributed by atoms with Crippen molar-refractivity contribution in [3.8, 4) is 11.3 Å². The molecule has 0 spiro atoms. The van der Waals surface area contributed by atoms with Gasteiger partial charge in [0.2, 0.25) is 0 Å². The van der Waals surface area contributed by atoms with Crippen molar-refractivity contribution in [1.82, 2.24) is 24.8 Å². The maximum Gasteiger partial charge on any atom is 0.276 e. The van der Waals surface area contributed by atoms with Crippen LogP contribution in [0.25, 0.3) is 11.3 Å². The summed E-state index contributed by atoms with van der Waals surface area (Å²) in [5, 5.41) is 2.78. The van der Waals surface area contributed by atoms with Gasteiger partial charge >= 0.3 is 0 Å². The molecule has 4 rings (SSSR count). The molecule has 1 atom stereocenters. The van der Waals surface area contributed by atoms with Gasteiger partial charge in [0.1, 0.15) is 5.69 Å². The van der Waals surface area contributed by atoms with Gasteiger partial charge < -0.3 is 15.1 Å². The molecule has 0 bridgehead atoms. The number of nitrogens with zero attached hydrogens (tertiary/aromatic N) is 5. The van der Waals surface area contributed by atoms with E-state index in [-0.39, 0.29) is 23.6 Å². The molecule has 1 unspecified atom stereocenters. The first-order chi connectivity index (χ1) is 15.0. The Kier molecular flexibility index (Phi) is 5.99. The molecule has 1 fully saturated rings. The first kappa shape index (κ1) is 20.6. The van der Waals surface area contributed by atoms with Gasteiger partial charge in [-0.2, -0.15) is 0 Å². The van der Waals surface area contributed by atoms with Crippen LogP contribution in [0, 0.1) is 0 Å². The number of anilines is 1. The van der Waals surface area contributed by atoms with Crippen molar-refractivity contribution in [3.05, 3.63) is 72.4 Å². The number of aromatic nitrogens is 3. The largest absolute Gasteiger partial charge is 0.337 e. The zero-order valence-corrected chi connectivity index (χ0v) is 17.5. The number of pyridine rings is 1. The Labute approximate surface area is 181 Å². The van der Waals surface area contributed by atoms with Crippen LogP contribution < -0.4 is 5.32 Å². The lowest BCUT2D eigenvalue weighted by molar-refractivity contribution is 0.0737. The molecule has 1 aromatic carbocycles. The van der Waals surface area contributed by atoms with Gasteiger partial charge in [0.25, 0.3) is 11.8 Å². The Bertz CT molecular complexity index is 1070. The maximum absolute atomic E-state index is 12.9. The highest BCUT2D eigenvalue weighted by atomic mass is 16.2. The van der Waals surface area contributed by atoms with E-state index in [4.69, 9.17) is 0 Å². The van der Waals surface area contributed by atoms with Gasteiger partial charge in [-0.1, -0.05) is 12.1 Å². The van der Waals surface area contributed by atoms with E-state index in [1.807, 2.05) is 11.9 Å². The van der Waals surface area contributed by atoms with Gasteiger partial charge in [-0.3, -0.25) is 19.6 Å². The van der Waals surface area contributed by atoms with Gasteiger partial charge in [0, 0.05) is 49.4 Å². The first-order valence-corrected chi connectivity index (χ1v) is 10.1. The number of carbonyl (C=O) groups excluding carboxylic acids is 2. The van der Waals surface area contributed by atoms with Crippen LogP contribution in [0.2, 0.25) is 0 Å². The number of rotatable bonds is 5. The SMILES string of the molecule is CN1CCC(N(C)C(=O)c2ccc(-c3nccnc3C(=O)Nc3cccnc3)cc2)C1. The minimum absolute atomic E-state index is 0.0134.